The summed E-state index contributed by atoms with van der Waals surface area (Å²) in [7, 11) is 0. The van der Waals surface area contributed by atoms with Gasteiger partial charge in [-0.15, -0.1) is 0 Å². The molecule has 2 aromatic rings. The first-order valence-corrected chi connectivity index (χ1v) is 7.34. The molecule has 4 N–H and O–H groups in total. The number of rotatable bonds is 5. The summed E-state index contributed by atoms with van der Waals surface area (Å²) in [5.41, 5.74) is 6.30. The first-order valence-electron chi connectivity index (χ1n) is 6.54. The van der Waals surface area contributed by atoms with Crippen molar-refractivity contribution in [3.05, 3.63) is 34.5 Å². The molecule has 1 atom stereocenters. The number of primary amides is 1. The Morgan fingerprint density at radius 3 is 2.67 bits per heavy atom. The maximum absolute atomic E-state index is 11.8. The molecular weight excluding hydrogens is 338 g/mol. The minimum absolute atomic E-state index is 0.153. The van der Waals surface area contributed by atoms with Crippen molar-refractivity contribution in [3.8, 4) is 22.8 Å². The van der Waals surface area contributed by atoms with Crippen molar-refractivity contribution in [2.75, 3.05) is 0 Å². The Labute approximate surface area is 130 Å². The van der Waals surface area contributed by atoms with Gasteiger partial charge in [0.2, 0.25) is 5.91 Å². The number of carbonyl (C=O) groups is 1. The largest absolute Gasteiger partial charge is 0.507 e. The SMILES string of the molecule is CCCC(C(N)=O)c1c(Br)c(O)cc(O)c1-c1ccco1. The van der Waals surface area contributed by atoms with Gasteiger partial charge in [-0.25, -0.2) is 0 Å². The van der Waals surface area contributed by atoms with Gasteiger partial charge in [0.25, 0.3) is 0 Å². The first kappa shape index (κ1) is 15.4. The number of hydrogen-bond acceptors (Lipinski definition) is 4. The lowest BCUT2D eigenvalue weighted by Gasteiger charge is -2.20. The lowest BCUT2D eigenvalue weighted by Crippen LogP contribution is -2.22. The normalized spacial score (nSPS) is 12.3. The van der Waals surface area contributed by atoms with E-state index in [1.165, 1.54) is 12.3 Å². The van der Waals surface area contributed by atoms with Crippen molar-refractivity contribution in [1.82, 2.24) is 0 Å². The molecule has 0 fully saturated rings. The highest BCUT2D eigenvalue weighted by Gasteiger charge is 2.28. The van der Waals surface area contributed by atoms with Crippen LogP contribution in [0, 0.1) is 0 Å². The maximum Gasteiger partial charge on any atom is 0.225 e. The van der Waals surface area contributed by atoms with Gasteiger partial charge in [0.05, 0.1) is 22.2 Å². The molecule has 0 bridgehead atoms. The Morgan fingerprint density at radius 2 is 2.14 bits per heavy atom. The number of nitrogens with two attached hydrogens (primary N) is 1. The van der Waals surface area contributed by atoms with E-state index in [2.05, 4.69) is 15.9 Å². The van der Waals surface area contributed by atoms with E-state index in [1.807, 2.05) is 6.92 Å². The average molecular weight is 354 g/mol. The second-order valence-electron chi connectivity index (χ2n) is 4.74. The van der Waals surface area contributed by atoms with Gasteiger partial charge in [0.1, 0.15) is 17.3 Å². The topological polar surface area (TPSA) is 96.7 Å². The summed E-state index contributed by atoms with van der Waals surface area (Å²) < 4.78 is 5.67. The van der Waals surface area contributed by atoms with Crippen LogP contribution in [-0.2, 0) is 4.79 Å². The van der Waals surface area contributed by atoms with Crippen LogP contribution in [0.3, 0.4) is 0 Å². The molecule has 1 amide bonds. The summed E-state index contributed by atoms with van der Waals surface area (Å²) in [4.78, 5) is 11.8. The molecule has 1 aromatic heterocycles. The highest BCUT2D eigenvalue weighted by atomic mass is 79.9. The molecule has 1 unspecified atom stereocenters. The predicted molar refractivity (Wildman–Crippen MR) is 82.0 cm³/mol. The summed E-state index contributed by atoms with van der Waals surface area (Å²) in [6, 6.07) is 4.56. The molecule has 0 saturated carbocycles. The number of furan rings is 1. The van der Waals surface area contributed by atoms with E-state index in [9.17, 15) is 15.0 Å². The van der Waals surface area contributed by atoms with E-state index in [-0.39, 0.29) is 11.5 Å². The van der Waals surface area contributed by atoms with Crippen LogP contribution in [0.2, 0.25) is 0 Å². The van der Waals surface area contributed by atoms with Gasteiger partial charge in [-0.05, 0) is 40.0 Å². The fraction of sp³-hybridized carbons (Fsp3) is 0.267. The fourth-order valence-electron chi connectivity index (χ4n) is 2.38. The molecule has 1 heterocycles. The van der Waals surface area contributed by atoms with Crippen LogP contribution in [0.5, 0.6) is 11.5 Å². The van der Waals surface area contributed by atoms with Crippen molar-refractivity contribution >= 4 is 21.8 Å². The lowest BCUT2D eigenvalue weighted by atomic mass is 9.88. The zero-order chi connectivity index (χ0) is 15.6. The quantitative estimate of drug-likeness (QED) is 0.766. The van der Waals surface area contributed by atoms with E-state index in [1.54, 1.807) is 12.1 Å². The third-order valence-corrected chi connectivity index (χ3v) is 4.13. The fourth-order valence-corrected chi connectivity index (χ4v) is 2.96. The van der Waals surface area contributed by atoms with Crippen LogP contribution < -0.4 is 5.73 Å². The van der Waals surface area contributed by atoms with Crippen LogP contribution in [0.4, 0.5) is 0 Å². The van der Waals surface area contributed by atoms with Crippen molar-refractivity contribution < 1.29 is 19.4 Å². The van der Waals surface area contributed by atoms with Gasteiger partial charge in [-0.2, -0.15) is 0 Å². The van der Waals surface area contributed by atoms with Crippen molar-refractivity contribution in [2.45, 2.75) is 25.7 Å². The number of hydrogen-bond donors (Lipinski definition) is 3. The van der Waals surface area contributed by atoms with Gasteiger partial charge in [-0.3, -0.25) is 4.79 Å². The van der Waals surface area contributed by atoms with Crippen LogP contribution in [0.25, 0.3) is 11.3 Å². The molecule has 0 aliphatic rings. The van der Waals surface area contributed by atoms with Gasteiger partial charge in [0, 0.05) is 6.07 Å². The smallest absolute Gasteiger partial charge is 0.225 e. The van der Waals surface area contributed by atoms with E-state index >= 15 is 0 Å². The Bertz CT molecular complexity index is 652. The third kappa shape index (κ3) is 2.90. The van der Waals surface area contributed by atoms with Crippen LogP contribution in [0.15, 0.2) is 33.4 Å². The number of phenols is 2. The van der Waals surface area contributed by atoms with Gasteiger partial charge >= 0.3 is 0 Å². The summed E-state index contributed by atoms with van der Waals surface area (Å²) in [6.07, 6.45) is 2.71. The molecule has 1 aromatic carbocycles. The molecule has 6 heteroatoms. The van der Waals surface area contributed by atoms with Crippen molar-refractivity contribution in [1.29, 1.82) is 0 Å². The zero-order valence-corrected chi connectivity index (χ0v) is 13.1. The summed E-state index contributed by atoms with van der Waals surface area (Å²) in [6.45, 7) is 1.93. The third-order valence-electron chi connectivity index (χ3n) is 3.30. The second-order valence-corrected chi connectivity index (χ2v) is 5.53. The molecule has 0 aliphatic heterocycles. The molecule has 0 spiro atoms. The van der Waals surface area contributed by atoms with Crippen LogP contribution >= 0.6 is 15.9 Å². The molecule has 5 nitrogen and oxygen atoms in total. The number of phenolic OH excluding ortho intramolecular Hbond substituents is 2. The molecule has 21 heavy (non-hydrogen) atoms. The Kier molecular flexibility index (Phi) is 4.57. The van der Waals surface area contributed by atoms with Crippen molar-refractivity contribution in [3.63, 3.8) is 0 Å². The molecule has 0 radical (unpaired) electrons. The molecular formula is C15H16BrNO4. The van der Waals surface area contributed by atoms with E-state index in [0.717, 1.165) is 6.42 Å². The first-order chi connectivity index (χ1) is 9.97. The minimum Gasteiger partial charge on any atom is -0.507 e. The number of halogens is 1. The predicted octanol–water partition coefficient (Wildman–Crippen LogP) is 3.49. The lowest BCUT2D eigenvalue weighted by molar-refractivity contribution is -0.119. The Hall–Kier alpha value is -1.95. The summed E-state index contributed by atoms with van der Waals surface area (Å²) in [5.74, 6) is -1.06. The Morgan fingerprint density at radius 1 is 1.43 bits per heavy atom. The standard InChI is InChI=1S/C15H16BrNO4/c1-2-4-8(15(17)20)12-13(11-5-3-6-21-11)9(18)7-10(19)14(12)16/h3,5-8,18-19H,2,4H2,1H3,(H2,17,20). The minimum atomic E-state index is -0.637. The highest BCUT2D eigenvalue weighted by molar-refractivity contribution is 9.10. The maximum atomic E-state index is 11.8. The molecule has 0 aliphatic carbocycles. The molecule has 0 saturated heterocycles. The second kappa shape index (κ2) is 6.22. The molecule has 2 rings (SSSR count). The summed E-state index contributed by atoms with van der Waals surface area (Å²) in [5, 5.41) is 20.1. The van der Waals surface area contributed by atoms with Crippen LogP contribution in [0.1, 0.15) is 31.2 Å². The monoisotopic (exact) mass is 353 g/mol. The van der Waals surface area contributed by atoms with E-state index in [4.69, 9.17) is 10.2 Å². The number of amides is 1. The average Bonchev–Trinajstić information content (AvgIpc) is 2.93. The summed E-state index contributed by atoms with van der Waals surface area (Å²) >= 11 is 3.28. The van der Waals surface area contributed by atoms with Crippen LogP contribution in [-0.4, -0.2) is 16.1 Å². The van der Waals surface area contributed by atoms with Gasteiger partial charge in [0.15, 0.2) is 0 Å². The van der Waals surface area contributed by atoms with E-state index < -0.39 is 11.8 Å². The number of carbonyl (C=O) groups excluding carboxylic acids is 1. The number of aromatic hydroxyl groups is 2. The van der Waals surface area contributed by atoms with Gasteiger partial charge in [-0.1, -0.05) is 13.3 Å². The molecule has 112 valence electrons. The van der Waals surface area contributed by atoms with E-state index in [0.29, 0.717) is 27.8 Å². The highest BCUT2D eigenvalue weighted by Crippen LogP contribution is 2.46. The Balaban J connectivity index is 2.75. The zero-order valence-electron chi connectivity index (χ0n) is 11.5. The van der Waals surface area contributed by atoms with Gasteiger partial charge < -0.3 is 20.4 Å². The number of benzene rings is 1. The van der Waals surface area contributed by atoms with Crippen molar-refractivity contribution in [2.24, 2.45) is 5.73 Å².